The third kappa shape index (κ3) is 2.01. The van der Waals surface area contributed by atoms with Gasteiger partial charge in [-0.1, -0.05) is 0 Å². The van der Waals surface area contributed by atoms with Gasteiger partial charge < -0.3 is 15.4 Å². The van der Waals surface area contributed by atoms with Crippen LogP contribution in [0.3, 0.4) is 0 Å². The molecule has 0 radical (unpaired) electrons. The molecule has 1 aliphatic carbocycles. The minimum atomic E-state index is 0.276. The van der Waals surface area contributed by atoms with E-state index in [0.29, 0.717) is 11.6 Å². The van der Waals surface area contributed by atoms with Gasteiger partial charge in [0.1, 0.15) is 0 Å². The van der Waals surface area contributed by atoms with Crippen molar-refractivity contribution in [1.29, 1.82) is 0 Å². The van der Waals surface area contributed by atoms with Crippen molar-refractivity contribution in [3.8, 4) is 0 Å². The van der Waals surface area contributed by atoms with E-state index in [0.717, 1.165) is 19.7 Å². The molecule has 3 nitrogen and oxygen atoms in total. The number of rotatable bonds is 2. The van der Waals surface area contributed by atoms with E-state index >= 15 is 0 Å². The van der Waals surface area contributed by atoms with Gasteiger partial charge in [-0.25, -0.2) is 0 Å². The van der Waals surface area contributed by atoms with Crippen LogP contribution >= 0.6 is 0 Å². The van der Waals surface area contributed by atoms with Gasteiger partial charge in [-0.05, 0) is 52.0 Å². The van der Waals surface area contributed by atoms with E-state index in [9.17, 15) is 0 Å². The molecule has 3 heteroatoms. The molecule has 2 saturated heterocycles. The number of nitrogens with one attached hydrogen (secondary N) is 2. The molecule has 3 aliphatic rings. The zero-order valence-corrected chi connectivity index (χ0v) is 10.3. The second kappa shape index (κ2) is 3.97. The van der Waals surface area contributed by atoms with Crippen LogP contribution in [0.5, 0.6) is 0 Å². The van der Waals surface area contributed by atoms with Crippen molar-refractivity contribution >= 4 is 0 Å². The summed E-state index contributed by atoms with van der Waals surface area (Å²) >= 11 is 0. The summed E-state index contributed by atoms with van der Waals surface area (Å²) < 4.78 is 5.97. The van der Waals surface area contributed by atoms with E-state index in [4.69, 9.17) is 4.74 Å². The Hall–Kier alpha value is -0.120. The molecule has 1 saturated carbocycles. The van der Waals surface area contributed by atoms with Gasteiger partial charge in [-0.3, -0.25) is 0 Å². The summed E-state index contributed by atoms with van der Waals surface area (Å²) in [5.41, 5.74) is 0.602. The highest BCUT2D eigenvalue weighted by Crippen LogP contribution is 2.42. The summed E-state index contributed by atoms with van der Waals surface area (Å²) in [5, 5.41) is 7.33. The lowest BCUT2D eigenvalue weighted by atomic mass is 9.73. The number of ether oxygens (including phenoxy) is 1. The summed E-state index contributed by atoms with van der Waals surface area (Å²) in [7, 11) is 0. The first kappa shape index (κ1) is 11.0. The van der Waals surface area contributed by atoms with Crippen molar-refractivity contribution in [2.75, 3.05) is 19.7 Å². The Morgan fingerprint density at radius 2 is 2.19 bits per heavy atom. The van der Waals surface area contributed by atoms with Crippen LogP contribution in [0.1, 0.15) is 45.4 Å². The molecule has 1 spiro atoms. The van der Waals surface area contributed by atoms with E-state index < -0.39 is 0 Å². The van der Waals surface area contributed by atoms with Crippen LogP contribution in [0.2, 0.25) is 0 Å². The van der Waals surface area contributed by atoms with Crippen LogP contribution in [0.25, 0.3) is 0 Å². The average Bonchev–Trinajstić information content (AvgIpc) is 2.63. The second-order valence-corrected chi connectivity index (χ2v) is 6.21. The molecule has 3 rings (SSSR count). The van der Waals surface area contributed by atoms with Crippen molar-refractivity contribution < 1.29 is 4.74 Å². The molecule has 0 amide bonds. The normalized spacial score (nSPS) is 42.2. The first-order valence-corrected chi connectivity index (χ1v) is 6.82. The highest BCUT2D eigenvalue weighted by Gasteiger charge is 2.44. The van der Waals surface area contributed by atoms with Gasteiger partial charge in [0.05, 0.1) is 5.60 Å². The van der Waals surface area contributed by atoms with Crippen molar-refractivity contribution in [2.24, 2.45) is 0 Å². The predicted molar refractivity (Wildman–Crippen MR) is 64.6 cm³/mol. The molecule has 2 atom stereocenters. The van der Waals surface area contributed by atoms with Gasteiger partial charge in [0.2, 0.25) is 0 Å². The topological polar surface area (TPSA) is 33.3 Å². The molecule has 0 aromatic carbocycles. The molecule has 2 heterocycles. The van der Waals surface area contributed by atoms with Gasteiger partial charge >= 0.3 is 0 Å². The zero-order chi connectivity index (χ0) is 11.1. The Balaban J connectivity index is 1.58. The molecule has 0 bridgehead atoms. The van der Waals surface area contributed by atoms with E-state index in [1.165, 1.54) is 38.5 Å². The largest absolute Gasteiger partial charge is 0.375 e. The van der Waals surface area contributed by atoms with Crippen molar-refractivity contribution in [3.05, 3.63) is 0 Å². The molecule has 2 aliphatic heterocycles. The van der Waals surface area contributed by atoms with Crippen molar-refractivity contribution in [2.45, 2.75) is 62.6 Å². The van der Waals surface area contributed by atoms with Crippen molar-refractivity contribution in [3.63, 3.8) is 0 Å². The SMILES string of the molecule is CC1(NC2CCOC3(CCC3)C2)CCNC1. The smallest absolute Gasteiger partial charge is 0.0697 e. The first-order valence-electron chi connectivity index (χ1n) is 6.82. The van der Waals surface area contributed by atoms with E-state index in [1.54, 1.807) is 0 Å². The van der Waals surface area contributed by atoms with E-state index in [2.05, 4.69) is 17.6 Å². The van der Waals surface area contributed by atoms with Gasteiger partial charge in [0.25, 0.3) is 0 Å². The molecular formula is C13H24N2O. The van der Waals surface area contributed by atoms with Crippen LogP contribution in [0.4, 0.5) is 0 Å². The van der Waals surface area contributed by atoms with Crippen LogP contribution in [-0.4, -0.2) is 36.9 Å². The monoisotopic (exact) mass is 224 g/mol. The summed E-state index contributed by atoms with van der Waals surface area (Å²) in [5.74, 6) is 0. The third-order valence-corrected chi connectivity index (χ3v) is 4.68. The molecule has 0 aromatic rings. The van der Waals surface area contributed by atoms with Gasteiger partial charge in [0.15, 0.2) is 0 Å². The number of hydrogen-bond donors (Lipinski definition) is 2. The van der Waals surface area contributed by atoms with E-state index in [1.807, 2.05) is 0 Å². The van der Waals surface area contributed by atoms with Crippen LogP contribution in [-0.2, 0) is 4.74 Å². The number of hydrogen-bond acceptors (Lipinski definition) is 3. The predicted octanol–water partition coefficient (Wildman–Crippen LogP) is 1.43. The lowest BCUT2D eigenvalue weighted by molar-refractivity contribution is -0.137. The maximum atomic E-state index is 5.97. The molecule has 3 fully saturated rings. The van der Waals surface area contributed by atoms with Crippen molar-refractivity contribution in [1.82, 2.24) is 10.6 Å². The maximum absolute atomic E-state index is 5.97. The Labute approximate surface area is 98.3 Å². The first-order chi connectivity index (χ1) is 7.70. The fraction of sp³-hybridized carbons (Fsp3) is 1.00. The quantitative estimate of drug-likeness (QED) is 0.744. The molecule has 2 unspecified atom stereocenters. The Kier molecular flexibility index (Phi) is 2.73. The lowest BCUT2D eigenvalue weighted by Gasteiger charge is -2.48. The summed E-state index contributed by atoms with van der Waals surface area (Å²) in [6.07, 6.45) is 7.64. The lowest BCUT2D eigenvalue weighted by Crippen LogP contribution is -2.56. The summed E-state index contributed by atoms with van der Waals surface area (Å²) in [4.78, 5) is 0. The van der Waals surface area contributed by atoms with Gasteiger partial charge in [-0.2, -0.15) is 0 Å². The van der Waals surface area contributed by atoms with Crippen LogP contribution < -0.4 is 10.6 Å². The molecule has 92 valence electrons. The zero-order valence-electron chi connectivity index (χ0n) is 10.3. The summed E-state index contributed by atoms with van der Waals surface area (Å²) in [6.45, 7) is 5.60. The second-order valence-electron chi connectivity index (χ2n) is 6.21. The van der Waals surface area contributed by atoms with Crippen LogP contribution in [0.15, 0.2) is 0 Å². The van der Waals surface area contributed by atoms with E-state index in [-0.39, 0.29) is 5.60 Å². The molecule has 0 aromatic heterocycles. The third-order valence-electron chi connectivity index (χ3n) is 4.68. The maximum Gasteiger partial charge on any atom is 0.0697 e. The van der Waals surface area contributed by atoms with Crippen LogP contribution in [0, 0.1) is 0 Å². The Morgan fingerprint density at radius 3 is 2.81 bits per heavy atom. The molecular weight excluding hydrogens is 200 g/mol. The highest BCUT2D eigenvalue weighted by atomic mass is 16.5. The minimum absolute atomic E-state index is 0.276. The molecule has 2 N–H and O–H groups in total. The fourth-order valence-corrected chi connectivity index (χ4v) is 3.50. The Bertz CT molecular complexity index is 257. The standard InChI is InChI=1S/C13H24N2O/c1-12(6-7-14-10-12)15-11-3-8-16-13(9-11)4-2-5-13/h11,14-15H,2-10H2,1H3. The summed E-state index contributed by atoms with van der Waals surface area (Å²) in [6, 6.07) is 0.680. The highest BCUT2D eigenvalue weighted by molar-refractivity contribution is 5.00. The minimum Gasteiger partial charge on any atom is -0.375 e. The van der Waals surface area contributed by atoms with Gasteiger partial charge in [-0.15, -0.1) is 0 Å². The fourth-order valence-electron chi connectivity index (χ4n) is 3.50. The van der Waals surface area contributed by atoms with Gasteiger partial charge in [0, 0.05) is 24.7 Å². The average molecular weight is 224 g/mol. The Morgan fingerprint density at radius 1 is 1.31 bits per heavy atom. The molecule has 16 heavy (non-hydrogen) atoms.